The zero-order valence-electron chi connectivity index (χ0n) is 18.3. The van der Waals surface area contributed by atoms with Crippen molar-refractivity contribution in [3.05, 3.63) is 95.2 Å². The van der Waals surface area contributed by atoms with Crippen molar-refractivity contribution >= 4 is 17.4 Å². The summed E-state index contributed by atoms with van der Waals surface area (Å²) in [7, 11) is 0. The van der Waals surface area contributed by atoms with Crippen LogP contribution < -0.4 is 4.74 Å². The van der Waals surface area contributed by atoms with Crippen LogP contribution in [0.25, 0.3) is 5.76 Å². The van der Waals surface area contributed by atoms with Crippen molar-refractivity contribution in [2.45, 2.75) is 26.4 Å². The molecule has 1 unspecified atom stereocenters. The van der Waals surface area contributed by atoms with E-state index in [0.29, 0.717) is 35.2 Å². The number of rotatable bonds is 7. The molecule has 4 rings (SSSR count). The topological polar surface area (TPSA) is 80.0 Å². The molecule has 2 heterocycles. The molecule has 6 nitrogen and oxygen atoms in total. The SMILES string of the molecule is CC(C)COc1cccc(/C(O)=C2/C(=O)C(=O)N(Cc3ccco3)C2c2ccc(F)cc2)c1. The minimum atomic E-state index is -0.907. The van der Waals surface area contributed by atoms with Gasteiger partial charge in [-0.1, -0.05) is 38.1 Å². The maximum atomic E-state index is 13.6. The number of ether oxygens (including phenoxy) is 1. The lowest BCUT2D eigenvalue weighted by molar-refractivity contribution is -0.140. The number of aliphatic hydroxyl groups excluding tert-OH is 1. The molecule has 1 aliphatic rings. The van der Waals surface area contributed by atoms with Crippen LogP contribution in [0.2, 0.25) is 0 Å². The maximum absolute atomic E-state index is 13.6. The Hall–Kier alpha value is -3.87. The van der Waals surface area contributed by atoms with E-state index in [1.165, 1.54) is 35.4 Å². The summed E-state index contributed by atoms with van der Waals surface area (Å²) in [6.07, 6.45) is 1.47. The molecule has 0 saturated carbocycles. The van der Waals surface area contributed by atoms with Crippen LogP contribution in [-0.4, -0.2) is 28.3 Å². The van der Waals surface area contributed by atoms with E-state index in [1.54, 1.807) is 36.4 Å². The van der Waals surface area contributed by atoms with Crippen molar-refractivity contribution in [2.24, 2.45) is 5.92 Å². The fourth-order valence-corrected chi connectivity index (χ4v) is 3.76. The fourth-order valence-electron chi connectivity index (χ4n) is 3.76. The van der Waals surface area contributed by atoms with Gasteiger partial charge in [0.25, 0.3) is 11.7 Å². The summed E-state index contributed by atoms with van der Waals surface area (Å²) in [6.45, 7) is 4.56. The molecule has 0 aliphatic carbocycles. The monoisotopic (exact) mass is 449 g/mol. The van der Waals surface area contributed by atoms with E-state index in [9.17, 15) is 19.1 Å². The number of ketones is 1. The van der Waals surface area contributed by atoms with Crippen molar-refractivity contribution in [3.8, 4) is 5.75 Å². The van der Waals surface area contributed by atoms with E-state index in [4.69, 9.17) is 9.15 Å². The highest BCUT2D eigenvalue weighted by molar-refractivity contribution is 6.46. The van der Waals surface area contributed by atoms with Crippen LogP contribution in [0.5, 0.6) is 5.75 Å². The first kappa shape index (κ1) is 22.3. The average Bonchev–Trinajstić information content (AvgIpc) is 3.40. The van der Waals surface area contributed by atoms with E-state index in [-0.39, 0.29) is 17.9 Å². The lowest BCUT2D eigenvalue weighted by atomic mass is 9.95. The van der Waals surface area contributed by atoms with Gasteiger partial charge in [-0.15, -0.1) is 0 Å². The molecule has 1 saturated heterocycles. The number of aliphatic hydroxyl groups is 1. The molecule has 1 fully saturated rings. The van der Waals surface area contributed by atoms with Gasteiger partial charge in [0.05, 0.1) is 31.0 Å². The predicted octanol–water partition coefficient (Wildman–Crippen LogP) is 5.08. The van der Waals surface area contributed by atoms with E-state index in [1.807, 2.05) is 13.8 Å². The Morgan fingerprint density at radius 2 is 1.88 bits per heavy atom. The molecule has 0 spiro atoms. The third-order valence-electron chi connectivity index (χ3n) is 5.32. The van der Waals surface area contributed by atoms with Gasteiger partial charge in [-0.25, -0.2) is 4.39 Å². The maximum Gasteiger partial charge on any atom is 0.296 e. The highest BCUT2D eigenvalue weighted by Crippen LogP contribution is 2.40. The fraction of sp³-hybridized carbons (Fsp3) is 0.231. The van der Waals surface area contributed by atoms with Crippen molar-refractivity contribution in [1.82, 2.24) is 4.90 Å². The smallest absolute Gasteiger partial charge is 0.296 e. The first-order valence-corrected chi connectivity index (χ1v) is 10.6. The largest absolute Gasteiger partial charge is 0.507 e. The summed E-state index contributed by atoms with van der Waals surface area (Å²) >= 11 is 0. The molecule has 3 aromatic rings. The zero-order valence-corrected chi connectivity index (χ0v) is 18.3. The third-order valence-corrected chi connectivity index (χ3v) is 5.32. The van der Waals surface area contributed by atoms with E-state index < -0.39 is 23.5 Å². The number of benzene rings is 2. The molecule has 1 N–H and O–H groups in total. The van der Waals surface area contributed by atoms with Gasteiger partial charge in [-0.05, 0) is 47.9 Å². The number of hydrogen-bond donors (Lipinski definition) is 1. The van der Waals surface area contributed by atoms with Crippen LogP contribution in [0.3, 0.4) is 0 Å². The molecule has 33 heavy (non-hydrogen) atoms. The number of nitrogens with zero attached hydrogens (tertiary/aromatic N) is 1. The summed E-state index contributed by atoms with van der Waals surface area (Å²) in [4.78, 5) is 27.3. The second-order valence-electron chi connectivity index (χ2n) is 8.29. The number of likely N-dealkylation sites (tertiary alicyclic amines) is 1. The highest BCUT2D eigenvalue weighted by atomic mass is 19.1. The molecule has 1 aliphatic heterocycles. The lowest BCUT2D eigenvalue weighted by Crippen LogP contribution is -2.29. The van der Waals surface area contributed by atoms with Crippen LogP contribution >= 0.6 is 0 Å². The molecule has 2 aromatic carbocycles. The molecule has 0 radical (unpaired) electrons. The summed E-state index contributed by atoms with van der Waals surface area (Å²) < 4.78 is 24.7. The Morgan fingerprint density at radius 1 is 1.12 bits per heavy atom. The van der Waals surface area contributed by atoms with Gasteiger partial charge in [-0.3, -0.25) is 9.59 Å². The van der Waals surface area contributed by atoms with Gasteiger partial charge in [0.2, 0.25) is 0 Å². The first-order valence-electron chi connectivity index (χ1n) is 10.6. The number of hydrogen-bond acceptors (Lipinski definition) is 5. The molecule has 1 amide bonds. The first-order chi connectivity index (χ1) is 15.8. The molecule has 1 aromatic heterocycles. The van der Waals surface area contributed by atoms with Gasteiger partial charge in [0.1, 0.15) is 23.1 Å². The number of carbonyl (C=O) groups is 2. The van der Waals surface area contributed by atoms with Crippen molar-refractivity contribution in [1.29, 1.82) is 0 Å². The quantitative estimate of drug-likeness (QED) is 0.309. The van der Waals surface area contributed by atoms with Crippen LogP contribution in [0, 0.1) is 11.7 Å². The van der Waals surface area contributed by atoms with Gasteiger partial charge >= 0.3 is 0 Å². The number of carbonyl (C=O) groups excluding carboxylic acids is 2. The summed E-state index contributed by atoms with van der Waals surface area (Å²) in [6, 6.07) is 14.7. The van der Waals surface area contributed by atoms with Gasteiger partial charge < -0.3 is 19.2 Å². The van der Waals surface area contributed by atoms with Crippen molar-refractivity contribution < 1.29 is 28.2 Å². The Balaban J connectivity index is 1.79. The third kappa shape index (κ3) is 4.67. The predicted molar refractivity (Wildman–Crippen MR) is 120 cm³/mol. The zero-order chi connectivity index (χ0) is 23.5. The minimum absolute atomic E-state index is 0.0218. The van der Waals surface area contributed by atoms with Crippen LogP contribution in [0.15, 0.2) is 76.9 Å². The normalized spacial score (nSPS) is 17.7. The van der Waals surface area contributed by atoms with Crippen molar-refractivity contribution in [3.63, 3.8) is 0 Å². The highest BCUT2D eigenvalue weighted by Gasteiger charge is 2.46. The van der Waals surface area contributed by atoms with Crippen LogP contribution in [-0.2, 0) is 16.1 Å². The van der Waals surface area contributed by atoms with E-state index in [2.05, 4.69) is 0 Å². The Kier molecular flexibility index (Phi) is 6.31. The standard InChI is InChI=1S/C26H24FNO5/c1-16(2)15-33-20-6-3-5-18(13-20)24(29)22-23(17-8-10-19(27)11-9-17)28(26(31)25(22)30)14-21-7-4-12-32-21/h3-13,16,23,29H,14-15H2,1-2H3/b24-22-. The average molecular weight is 449 g/mol. The van der Waals surface area contributed by atoms with E-state index in [0.717, 1.165) is 0 Å². The Bertz CT molecular complexity index is 1180. The molecular weight excluding hydrogens is 425 g/mol. The lowest BCUT2D eigenvalue weighted by Gasteiger charge is -2.24. The molecular formula is C26H24FNO5. The second kappa shape index (κ2) is 9.32. The van der Waals surface area contributed by atoms with Gasteiger partial charge in [-0.2, -0.15) is 0 Å². The van der Waals surface area contributed by atoms with Crippen molar-refractivity contribution in [2.75, 3.05) is 6.61 Å². The van der Waals surface area contributed by atoms with E-state index >= 15 is 0 Å². The molecule has 170 valence electrons. The molecule has 1 atom stereocenters. The Labute approximate surface area is 190 Å². The summed E-state index contributed by atoms with van der Waals surface area (Å²) in [5.41, 5.74) is 0.773. The summed E-state index contributed by atoms with van der Waals surface area (Å²) in [5.74, 6) is -1.02. The number of furan rings is 1. The minimum Gasteiger partial charge on any atom is -0.507 e. The van der Waals surface area contributed by atoms with Gasteiger partial charge in [0, 0.05) is 5.56 Å². The number of halogens is 1. The molecule has 7 heteroatoms. The van der Waals surface area contributed by atoms with Crippen LogP contribution in [0.1, 0.15) is 36.8 Å². The summed E-state index contributed by atoms with van der Waals surface area (Å²) in [5, 5.41) is 11.2. The van der Waals surface area contributed by atoms with Crippen LogP contribution in [0.4, 0.5) is 4.39 Å². The van der Waals surface area contributed by atoms with Gasteiger partial charge in [0.15, 0.2) is 0 Å². The number of amides is 1. The second-order valence-corrected chi connectivity index (χ2v) is 8.29. The number of Topliss-reactive ketones (excluding diaryl/α,β-unsaturated/α-hetero) is 1. The molecule has 0 bridgehead atoms. The Morgan fingerprint density at radius 3 is 2.55 bits per heavy atom.